The lowest BCUT2D eigenvalue weighted by Gasteiger charge is -2.43. The summed E-state index contributed by atoms with van der Waals surface area (Å²) in [4.78, 5) is 0. The van der Waals surface area contributed by atoms with Gasteiger partial charge in [0.25, 0.3) is 0 Å². The quantitative estimate of drug-likeness (QED) is 0.873. The van der Waals surface area contributed by atoms with Gasteiger partial charge in [0, 0.05) is 17.5 Å². The Labute approximate surface area is 102 Å². The number of methoxy groups -OCH3 is 1. The topological polar surface area (TPSA) is 35.2 Å². The van der Waals surface area contributed by atoms with E-state index in [-0.39, 0.29) is 5.41 Å². The Kier molecular flexibility index (Phi) is 3.38. The lowest BCUT2D eigenvalue weighted by molar-refractivity contribution is 0.235. The van der Waals surface area contributed by atoms with E-state index >= 15 is 0 Å². The fourth-order valence-electron chi connectivity index (χ4n) is 2.78. The highest BCUT2D eigenvalue weighted by Crippen LogP contribution is 2.49. The summed E-state index contributed by atoms with van der Waals surface area (Å²) in [7, 11) is 1.63. The van der Waals surface area contributed by atoms with Crippen LogP contribution in [0.3, 0.4) is 0 Å². The second kappa shape index (κ2) is 4.65. The minimum Gasteiger partial charge on any atom is -0.496 e. The van der Waals surface area contributed by atoms with Crippen molar-refractivity contribution in [2.75, 3.05) is 13.7 Å². The van der Waals surface area contributed by atoms with Crippen molar-refractivity contribution in [3.8, 4) is 5.75 Å². The molecule has 94 valence electrons. The van der Waals surface area contributed by atoms with Crippen molar-refractivity contribution in [2.45, 2.75) is 37.8 Å². The van der Waals surface area contributed by atoms with Gasteiger partial charge in [0.1, 0.15) is 11.9 Å². The van der Waals surface area contributed by atoms with Crippen molar-refractivity contribution in [2.24, 2.45) is 5.73 Å². The average Bonchev–Trinajstić information content (AvgIpc) is 2.28. The summed E-state index contributed by atoms with van der Waals surface area (Å²) in [6.45, 7) is 2.13. The third-order valence-corrected chi connectivity index (χ3v) is 3.94. The highest BCUT2D eigenvalue weighted by Gasteiger charge is 2.41. The fourth-order valence-corrected chi connectivity index (χ4v) is 2.78. The van der Waals surface area contributed by atoms with E-state index in [0.29, 0.717) is 6.54 Å². The molecule has 1 aromatic carbocycles. The molecule has 0 amide bonds. The third kappa shape index (κ3) is 1.93. The maximum atomic E-state index is 13.7. The lowest BCUT2D eigenvalue weighted by atomic mass is 9.63. The number of ether oxygens (including phenoxy) is 1. The summed E-state index contributed by atoms with van der Waals surface area (Å²) in [6.07, 6.45) is 2.24. The molecular formula is C14H20FNO. The first-order chi connectivity index (χ1) is 8.14. The maximum Gasteiger partial charge on any atom is 0.123 e. The highest BCUT2D eigenvalue weighted by atomic mass is 19.1. The number of rotatable bonds is 4. The Morgan fingerprint density at radius 3 is 2.59 bits per heavy atom. The van der Waals surface area contributed by atoms with E-state index in [1.54, 1.807) is 14.0 Å². The fraction of sp³-hybridized carbons (Fsp3) is 0.571. The predicted octanol–water partition coefficient (Wildman–Crippen LogP) is 3.11. The molecule has 1 aromatic rings. The van der Waals surface area contributed by atoms with Crippen molar-refractivity contribution in [1.29, 1.82) is 0 Å². The molecule has 0 aromatic heterocycles. The van der Waals surface area contributed by atoms with E-state index < -0.39 is 6.17 Å². The van der Waals surface area contributed by atoms with Crippen LogP contribution in [0.5, 0.6) is 5.75 Å². The number of hydrogen-bond acceptors (Lipinski definition) is 2. The zero-order chi connectivity index (χ0) is 12.5. The molecule has 0 spiro atoms. The Balaban J connectivity index is 2.55. The summed E-state index contributed by atoms with van der Waals surface area (Å²) in [5, 5.41) is 0. The standard InChI is InChI=1S/C14H20FNO/c1-10(15)11-5-3-6-12(17-2)13(11)14(9-16)7-4-8-14/h3,5-6,10H,4,7-9,16H2,1-2H3. The van der Waals surface area contributed by atoms with Gasteiger partial charge in [0.2, 0.25) is 0 Å². The van der Waals surface area contributed by atoms with Gasteiger partial charge in [-0.25, -0.2) is 4.39 Å². The van der Waals surface area contributed by atoms with Crippen LogP contribution in [0, 0.1) is 0 Å². The molecule has 1 saturated carbocycles. The van der Waals surface area contributed by atoms with Crippen LogP contribution in [-0.2, 0) is 5.41 Å². The lowest BCUT2D eigenvalue weighted by Crippen LogP contribution is -2.42. The van der Waals surface area contributed by atoms with Gasteiger partial charge >= 0.3 is 0 Å². The van der Waals surface area contributed by atoms with E-state index in [1.807, 2.05) is 18.2 Å². The smallest absolute Gasteiger partial charge is 0.123 e. The van der Waals surface area contributed by atoms with Crippen LogP contribution in [0.25, 0.3) is 0 Å². The van der Waals surface area contributed by atoms with E-state index in [0.717, 1.165) is 36.1 Å². The van der Waals surface area contributed by atoms with Crippen molar-refractivity contribution in [1.82, 2.24) is 0 Å². The number of halogens is 1. The molecule has 17 heavy (non-hydrogen) atoms. The molecule has 2 rings (SSSR count). The van der Waals surface area contributed by atoms with Gasteiger partial charge in [0.05, 0.1) is 7.11 Å². The summed E-state index contributed by atoms with van der Waals surface area (Å²) in [5.74, 6) is 0.775. The molecule has 1 unspecified atom stereocenters. The molecule has 2 nitrogen and oxygen atoms in total. The van der Waals surface area contributed by atoms with Crippen LogP contribution in [-0.4, -0.2) is 13.7 Å². The summed E-state index contributed by atoms with van der Waals surface area (Å²) < 4.78 is 19.1. The van der Waals surface area contributed by atoms with E-state index in [9.17, 15) is 4.39 Å². The molecule has 0 heterocycles. The first kappa shape index (κ1) is 12.4. The van der Waals surface area contributed by atoms with Crippen LogP contribution in [0.4, 0.5) is 4.39 Å². The van der Waals surface area contributed by atoms with E-state index in [1.165, 1.54) is 0 Å². The molecule has 1 aliphatic carbocycles. The zero-order valence-corrected chi connectivity index (χ0v) is 10.5. The van der Waals surface area contributed by atoms with Gasteiger partial charge in [-0.05, 0) is 31.4 Å². The second-order valence-electron chi connectivity index (χ2n) is 4.88. The summed E-state index contributed by atoms with van der Waals surface area (Å²) in [5.41, 5.74) is 7.57. The zero-order valence-electron chi connectivity index (χ0n) is 10.5. The molecule has 1 fully saturated rings. The van der Waals surface area contributed by atoms with Crippen LogP contribution in [0.1, 0.15) is 43.5 Å². The van der Waals surface area contributed by atoms with Crippen LogP contribution >= 0.6 is 0 Å². The molecule has 1 aliphatic rings. The van der Waals surface area contributed by atoms with Gasteiger partial charge in [-0.3, -0.25) is 0 Å². The number of hydrogen-bond donors (Lipinski definition) is 1. The first-order valence-corrected chi connectivity index (χ1v) is 6.16. The molecule has 0 bridgehead atoms. The maximum absolute atomic E-state index is 13.7. The largest absolute Gasteiger partial charge is 0.496 e. The second-order valence-corrected chi connectivity index (χ2v) is 4.88. The van der Waals surface area contributed by atoms with Crippen molar-refractivity contribution >= 4 is 0 Å². The van der Waals surface area contributed by atoms with Gasteiger partial charge < -0.3 is 10.5 Å². The minimum atomic E-state index is -0.982. The number of alkyl halides is 1. The number of nitrogens with two attached hydrogens (primary N) is 1. The molecule has 0 radical (unpaired) electrons. The summed E-state index contributed by atoms with van der Waals surface area (Å²) >= 11 is 0. The Hall–Kier alpha value is -1.09. The van der Waals surface area contributed by atoms with Gasteiger partial charge in [-0.1, -0.05) is 18.6 Å². The SMILES string of the molecule is COc1cccc(C(C)F)c1C1(CN)CCC1. The Morgan fingerprint density at radius 1 is 1.47 bits per heavy atom. The van der Waals surface area contributed by atoms with Crippen molar-refractivity contribution in [3.05, 3.63) is 29.3 Å². The van der Waals surface area contributed by atoms with Crippen molar-refractivity contribution < 1.29 is 9.13 Å². The van der Waals surface area contributed by atoms with Crippen molar-refractivity contribution in [3.63, 3.8) is 0 Å². The Bertz CT molecular complexity index is 394. The molecule has 0 aliphatic heterocycles. The highest BCUT2D eigenvalue weighted by molar-refractivity contribution is 5.48. The molecular weight excluding hydrogens is 217 g/mol. The minimum absolute atomic E-state index is 0.0672. The van der Waals surface area contributed by atoms with Gasteiger partial charge in [-0.2, -0.15) is 0 Å². The normalized spacial score (nSPS) is 19.5. The number of benzene rings is 1. The first-order valence-electron chi connectivity index (χ1n) is 6.16. The monoisotopic (exact) mass is 237 g/mol. The molecule has 0 saturated heterocycles. The average molecular weight is 237 g/mol. The van der Waals surface area contributed by atoms with Gasteiger partial charge in [-0.15, -0.1) is 0 Å². The third-order valence-electron chi connectivity index (χ3n) is 3.94. The Morgan fingerprint density at radius 2 is 2.18 bits per heavy atom. The van der Waals surface area contributed by atoms with Crippen LogP contribution < -0.4 is 10.5 Å². The van der Waals surface area contributed by atoms with Crippen LogP contribution in [0.15, 0.2) is 18.2 Å². The van der Waals surface area contributed by atoms with E-state index in [4.69, 9.17) is 10.5 Å². The summed E-state index contributed by atoms with van der Waals surface area (Å²) in [6, 6.07) is 5.59. The van der Waals surface area contributed by atoms with E-state index in [2.05, 4.69) is 0 Å². The molecule has 1 atom stereocenters. The molecule has 2 N–H and O–H groups in total. The predicted molar refractivity (Wildman–Crippen MR) is 67.1 cm³/mol. The van der Waals surface area contributed by atoms with Crippen LogP contribution in [0.2, 0.25) is 0 Å². The van der Waals surface area contributed by atoms with Gasteiger partial charge in [0.15, 0.2) is 0 Å². The molecule has 3 heteroatoms.